The maximum atomic E-state index is 13.3. The molecule has 1 aliphatic heterocycles. The van der Waals surface area contributed by atoms with Crippen molar-refractivity contribution in [2.45, 2.75) is 30.7 Å². The second-order valence-electron chi connectivity index (χ2n) is 7.66. The minimum Gasteiger partial charge on any atom is -0.352 e. The zero-order valence-electron chi connectivity index (χ0n) is 17.1. The number of benzene rings is 3. The molecule has 1 amide bonds. The Hall–Kier alpha value is -2.64. The van der Waals surface area contributed by atoms with E-state index in [1.807, 2.05) is 37.3 Å². The lowest BCUT2D eigenvalue weighted by Crippen LogP contribution is -2.44. The zero-order valence-corrected chi connectivity index (χ0v) is 19.5. The van der Waals surface area contributed by atoms with Gasteiger partial charge in [0.25, 0.3) is 10.0 Å². The van der Waals surface area contributed by atoms with E-state index in [4.69, 9.17) is 0 Å². The number of carbonyl (C=O) groups is 1. The first-order chi connectivity index (χ1) is 14.9. The molecule has 1 aliphatic rings. The number of nitrogens with one attached hydrogen (secondary N) is 1. The predicted octanol–water partition coefficient (Wildman–Crippen LogP) is 4.76. The Bertz CT molecular complexity index is 1210. The van der Waals surface area contributed by atoms with Crippen LogP contribution in [0.3, 0.4) is 0 Å². The summed E-state index contributed by atoms with van der Waals surface area (Å²) in [5, 5.41) is 2.95. The number of aryl methyl sites for hydroxylation is 1. The molecule has 0 bridgehead atoms. The van der Waals surface area contributed by atoms with Crippen LogP contribution in [0.15, 0.2) is 82.2 Å². The van der Waals surface area contributed by atoms with Gasteiger partial charge in [0.05, 0.1) is 10.6 Å². The molecule has 0 spiro atoms. The second-order valence-corrected chi connectivity index (χ2v) is 10.4. The summed E-state index contributed by atoms with van der Waals surface area (Å²) < 4.78 is 28.7. The summed E-state index contributed by atoms with van der Waals surface area (Å²) in [5.74, 6) is -0.322. The maximum Gasteiger partial charge on any atom is 0.265 e. The highest BCUT2D eigenvalue weighted by atomic mass is 79.9. The lowest BCUT2D eigenvalue weighted by atomic mass is 10.0. The van der Waals surface area contributed by atoms with Gasteiger partial charge in [-0.2, -0.15) is 0 Å². The van der Waals surface area contributed by atoms with Crippen molar-refractivity contribution >= 4 is 37.5 Å². The van der Waals surface area contributed by atoms with Crippen molar-refractivity contribution in [2.75, 3.05) is 10.8 Å². The van der Waals surface area contributed by atoms with Gasteiger partial charge in [0.15, 0.2) is 0 Å². The minimum atomic E-state index is -3.84. The molecule has 3 aromatic carbocycles. The van der Waals surface area contributed by atoms with Crippen LogP contribution in [0.4, 0.5) is 5.69 Å². The molecule has 31 heavy (non-hydrogen) atoms. The molecule has 1 atom stereocenters. The minimum absolute atomic E-state index is 0.0723. The summed E-state index contributed by atoms with van der Waals surface area (Å²) in [7, 11) is -3.84. The third-order valence-corrected chi connectivity index (χ3v) is 7.69. The lowest BCUT2D eigenvalue weighted by molar-refractivity contribution is -0.120. The fourth-order valence-electron chi connectivity index (χ4n) is 3.82. The second kappa shape index (κ2) is 8.85. The summed E-state index contributed by atoms with van der Waals surface area (Å²) >= 11 is 3.46. The van der Waals surface area contributed by atoms with E-state index in [1.165, 1.54) is 9.87 Å². The monoisotopic (exact) mass is 498 g/mol. The fourth-order valence-corrected chi connectivity index (χ4v) is 5.84. The Kier molecular flexibility index (Phi) is 6.16. The van der Waals surface area contributed by atoms with Gasteiger partial charge in [0.2, 0.25) is 5.91 Å². The first kappa shape index (κ1) is 21.6. The van der Waals surface area contributed by atoms with Gasteiger partial charge in [0, 0.05) is 21.6 Å². The molecule has 0 unspecified atom stereocenters. The molecule has 1 N–H and O–H groups in total. The molecule has 0 saturated carbocycles. The van der Waals surface area contributed by atoms with Crippen LogP contribution in [-0.4, -0.2) is 26.9 Å². The molecule has 0 aromatic heterocycles. The van der Waals surface area contributed by atoms with Gasteiger partial charge in [-0.1, -0.05) is 64.5 Å². The molecule has 0 aliphatic carbocycles. The summed E-state index contributed by atoms with van der Waals surface area (Å²) in [4.78, 5) is 13.0. The first-order valence-corrected chi connectivity index (χ1v) is 12.3. The average molecular weight is 499 g/mol. The largest absolute Gasteiger partial charge is 0.352 e. The van der Waals surface area contributed by atoms with E-state index in [0.717, 1.165) is 22.9 Å². The molecule has 0 radical (unpaired) electrons. The van der Waals surface area contributed by atoms with E-state index in [2.05, 4.69) is 33.4 Å². The number of hydrogen-bond acceptors (Lipinski definition) is 3. The molecule has 160 valence electrons. The maximum absolute atomic E-state index is 13.3. The normalized spacial score (nSPS) is 15.0. The molecule has 0 saturated heterocycles. The van der Waals surface area contributed by atoms with E-state index in [1.54, 1.807) is 30.3 Å². The van der Waals surface area contributed by atoms with Gasteiger partial charge >= 0.3 is 0 Å². The standard InChI is InChI=1S/C24H23BrN2O3S/c1-17(11-12-18-7-3-2-4-8-18)26-24(28)16-27-22-14-13-19(25)15-21(22)20-9-5-6-10-23(20)31(27,29)30/h2-10,13-15,17H,11-12,16H2,1H3,(H,26,28)/t17-/m1/s1. The Morgan fingerprint density at radius 3 is 2.48 bits per heavy atom. The van der Waals surface area contributed by atoms with Gasteiger partial charge in [-0.05, 0) is 49.6 Å². The van der Waals surface area contributed by atoms with Crippen molar-refractivity contribution in [1.82, 2.24) is 5.32 Å². The number of sulfonamides is 1. The quantitative estimate of drug-likeness (QED) is 0.532. The lowest BCUT2D eigenvalue weighted by Gasteiger charge is -2.32. The van der Waals surface area contributed by atoms with Crippen LogP contribution < -0.4 is 9.62 Å². The van der Waals surface area contributed by atoms with E-state index >= 15 is 0 Å². The number of carbonyl (C=O) groups excluding carboxylic acids is 1. The third-order valence-electron chi connectivity index (χ3n) is 5.38. The smallest absolute Gasteiger partial charge is 0.265 e. The van der Waals surface area contributed by atoms with Crippen LogP contribution in [-0.2, 0) is 21.2 Å². The van der Waals surface area contributed by atoms with E-state index < -0.39 is 10.0 Å². The number of amides is 1. The summed E-state index contributed by atoms with van der Waals surface area (Å²) in [6.07, 6.45) is 1.61. The van der Waals surface area contributed by atoms with Crippen LogP contribution in [0, 0.1) is 0 Å². The van der Waals surface area contributed by atoms with Crippen molar-refractivity contribution in [1.29, 1.82) is 0 Å². The molecule has 1 heterocycles. The Balaban J connectivity index is 1.53. The van der Waals surface area contributed by atoms with Gasteiger partial charge in [0.1, 0.15) is 6.54 Å². The van der Waals surface area contributed by atoms with E-state index in [-0.39, 0.29) is 23.4 Å². The predicted molar refractivity (Wildman–Crippen MR) is 126 cm³/mol. The molecule has 4 rings (SSSR count). The van der Waals surface area contributed by atoms with Crippen LogP contribution in [0.25, 0.3) is 11.1 Å². The van der Waals surface area contributed by atoms with Crippen LogP contribution in [0.2, 0.25) is 0 Å². The van der Waals surface area contributed by atoms with E-state index in [9.17, 15) is 13.2 Å². The summed E-state index contributed by atoms with van der Waals surface area (Å²) in [6, 6.07) is 22.3. The van der Waals surface area contributed by atoms with Crippen LogP contribution >= 0.6 is 15.9 Å². The van der Waals surface area contributed by atoms with Crippen LogP contribution in [0.5, 0.6) is 0 Å². The van der Waals surface area contributed by atoms with Gasteiger partial charge < -0.3 is 5.32 Å². The van der Waals surface area contributed by atoms with Crippen LogP contribution in [0.1, 0.15) is 18.9 Å². The van der Waals surface area contributed by atoms with Gasteiger partial charge in [-0.3, -0.25) is 9.10 Å². The number of rotatable bonds is 6. The Morgan fingerprint density at radius 2 is 1.71 bits per heavy atom. The molecular formula is C24H23BrN2O3S. The number of anilines is 1. The zero-order chi connectivity index (χ0) is 22.0. The highest BCUT2D eigenvalue weighted by molar-refractivity contribution is 9.10. The molecule has 7 heteroatoms. The van der Waals surface area contributed by atoms with Crippen molar-refractivity contribution < 1.29 is 13.2 Å². The number of fused-ring (bicyclic) bond motifs is 3. The number of halogens is 1. The third kappa shape index (κ3) is 4.52. The molecule has 5 nitrogen and oxygen atoms in total. The van der Waals surface area contributed by atoms with Gasteiger partial charge in [-0.25, -0.2) is 8.42 Å². The highest BCUT2D eigenvalue weighted by Crippen LogP contribution is 2.43. The Labute approximate surface area is 191 Å². The summed E-state index contributed by atoms with van der Waals surface area (Å²) in [6.45, 7) is 1.67. The molecule has 0 fully saturated rings. The van der Waals surface area contributed by atoms with E-state index in [0.29, 0.717) is 11.3 Å². The Morgan fingerprint density at radius 1 is 1.00 bits per heavy atom. The van der Waals surface area contributed by atoms with Crippen molar-refractivity contribution in [3.8, 4) is 11.1 Å². The topological polar surface area (TPSA) is 66.5 Å². The van der Waals surface area contributed by atoms with Crippen molar-refractivity contribution in [3.63, 3.8) is 0 Å². The number of nitrogens with zero attached hydrogens (tertiary/aromatic N) is 1. The first-order valence-electron chi connectivity index (χ1n) is 10.1. The highest BCUT2D eigenvalue weighted by Gasteiger charge is 2.36. The molecular weight excluding hydrogens is 476 g/mol. The SMILES string of the molecule is C[C@H](CCc1ccccc1)NC(=O)CN1c2ccc(Br)cc2-c2ccccc2S1(=O)=O. The average Bonchev–Trinajstić information content (AvgIpc) is 2.76. The van der Waals surface area contributed by atoms with Gasteiger partial charge in [-0.15, -0.1) is 0 Å². The van der Waals surface area contributed by atoms with Crippen molar-refractivity contribution in [3.05, 3.63) is 82.8 Å². The summed E-state index contributed by atoms with van der Waals surface area (Å²) in [5.41, 5.74) is 3.14. The fraction of sp³-hybridized carbons (Fsp3) is 0.208. The molecule has 3 aromatic rings. The van der Waals surface area contributed by atoms with Crippen molar-refractivity contribution in [2.24, 2.45) is 0 Å². The number of hydrogen-bond donors (Lipinski definition) is 1.